The van der Waals surface area contributed by atoms with Crippen LogP contribution >= 0.6 is 0 Å². The minimum atomic E-state index is 0.243. The summed E-state index contributed by atoms with van der Waals surface area (Å²) in [5.74, 6) is 1.62. The Kier molecular flexibility index (Phi) is 4.66. The largest absolute Gasteiger partial charge is 0.493 e. The Balaban J connectivity index is 2.27. The van der Waals surface area contributed by atoms with Crippen molar-refractivity contribution >= 4 is 0 Å². The van der Waals surface area contributed by atoms with Crippen LogP contribution in [-0.2, 0) is 6.42 Å². The van der Waals surface area contributed by atoms with Crippen LogP contribution in [0.4, 0.5) is 0 Å². The van der Waals surface area contributed by atoms with Gasteiger partial charge in [-0.05, 0) is 56.0 Å². The fourth-order valence-corrected chi connectivity index (χ4v) is 2.66. The van der Waals surface area contributed by atoms with Gasteiger partial charge in [-0.15, -0.1) is 0 Å². The average molecular weight is 264 g/mol. The number of nitrogens with two attached hydrogens (primary N) is 1. The van der Waals surface area contributed by atoms with E-state index in [0.29, 0.717) is 6.04 Å². The molecule has 1 aromatic carbocycles. The standard InChI is InChI=1S/C15H24N2O2/c1-10(16)4-5-13-12-9-15(19-3)14(18-2)8-11(12)6-7-17-13/h8-10,13,17H,4-7,16H2,1-3H3. The highest BCUT2D eigenvalue weighted by Gasteiger charge is 2.22. The number of nitrogens with one attached hydrogen (secondary N) is 1. The molecule has 0 aromatic heterocycles. The SMILES string of the molecule is COc1cc2c(cc1OC)C(CCC(C)N)NCC2. The second kappa shape index (κ2) is 6.26. The van der Waals surface area contributed by atoms with Crippen LogP contribution in [0.2, 0.25) is 0 Å². The first-order chi connectivity index (χ1) is 9.15. The molecule has 19 heavy (non-hydrogen) atoms. The molecular formula is C15H24N2O2. The van der Waals surface area contributed by atoms with Crippen LogP contribution in [0.5, 0.6) is 11.5 Å². The topological polar surface area (TPSA) is 56.5 Å². The van der Waals surface area contributed by atoms with Gasteiger partial charge in [0.25, 0.3) is 0 Å². The number of rotatable bonds is 5. The Morgan fingerprint density at radius 2 is 2.00 bits per heavy atom. The van der Waals surface area contributed by atoms with Gasteiger partial charge in [0.1, 0.15) is 0 Å². The lowest BCUT2D eigenvalue weighted by molar-refractivity contribution is 0.351. The van der Waals surface area contributed by atoms with Gasteiger partial charge in [0.15, 0.2) is 11.5 Å². The van der Waals surface area contributed by atoms with E-state index in [9.17, 15) is 0 Å². The molecule has 4 heteroatoms. The minimum absolute atomic E-state index is 0.243. The summed E-state index contributed by atoms with van der Waals surface area (Å²) in [7, 11) is 3.36. The fraction of sp³-hybridized carbons (Fsp3) is 0.600. The number of methoxy groups -OCH3 is 2. The maximum absolute atomic E-state index is 5.86. The van der Waals surface area contributed by atoms with Gasteiger partial charge in [0.2, 0.25) is 0 Å². The zero-order valence-corrected chi connectivity index (χ0v) is 12.0. The lowest BCUT2D eigenvalue weighted by Gasteiger charge is -2.28. The van der Waals surface area contributed by atoms with Gasteiger partial charge in [0, 0.05) is 12.1 Å². The summed E-state index contributed by atoms with van der Waals surface area (Å²) in [6, 6.07) is 4.82. The van der Waals surface area contributed by atoms with E-state index in [1.54, 1.807) is 14.2 Å². The number of fused-ring (bicyclic) bond motifs is 1. The Morgan fingerprint density at radius 3 is 2.63 bits per heavy atom. The van der Waals surface area contributed by atoms with Crippen LogP contribution in [0.3, 0.4) is 0 Å². The third kappa shape index (κ3) is 3.19. The second-order valence-electron chi connectivity index (χ2n) is 5.22. The van der Waals surface area contributed by atoms with Crippen LogP contribution in [0.25, 0.3) is 0 Å². The molecule has 3 N–H and O–H groups in total. The first kappa shape index (κ1) is 14.2. The van der Waals surface area contributed by atoms with Crippen molar-refractivity contribution in [1.29, 1.82) is 0 Å². The van der Waals surface area contributed by atoms with E-state index in [-0.39, 0.29) is 6.04 Å². The zero-order chi connectivity index (χ0) is 13.8. The maximum atomic E-state index is 5.86. The van der Waals surface area contributed by atoms with E-state index in [1.807, 2.05) is 0 Å². The summed E-state index contributed by atoms with van der Waals surface area (Å²) in [4.78, 5) is 0. The lowest BCUT2D eigenvalue weighted by Crippen LogP contribution is -2.31. The minimum Gasteiger partial charge on any atom is -0.493 e. The molecule has 1 aromatic rings. The first-order valence-corrected chi connectivity index (χ1v) is 6.89. The number of hydrogen-bond acceptors (Lipinski definition) is 4. The molecule has 2 unspecified atom stereocenters. The highest BCUT2D eigenvalue weighted by Crippen LogP contribution is 2.36. The Labute approximate surface area is 115 Å². The van der Waals surface area contributed by atoms with E-state index < -0.39 is 0 Å². The van der Waals surface area contributed by atoms with Gasteiger partial charge in [0.05, 0.1) is 14.2 Å². The smallest absolute Gasteiger partial charge is 0.161 e. The van der Waals surface area contributed by atoms with Crippen LogP contribution in [0.1, 0.15) is 36.9 Å². The number of ether oxygens (including phenoxy) is 2. The van der Waals surface area contributed by atoms with Crippen molar-refractivity contribution in [2.75, 3.05) is 20.8 Å². The lowest BCUT2D eigenvalue weighted by atomic mass is 9.90. The molecule has 0 aliphatic carbocycles. The van der Waals surface area contributed by atoms with Crippen LogP contribution in [0.15, 0.2) is 12.1 Å². The molecule has 2 atom stereocenters. The number of benzene rings is 1. The van der Waals surface area contributed by atoms with Crippen molar-refractivity contribution in [3.05, 3.63) is 23.3 Å². The molecule has 0 radical (unpaired) electrons. The van der Waals surface area contributed by atoms with Gasteiger partial charge < -0.3 is 20.5 Å². The van der Waals surface area contributed by atoms with E-state index in [2.05, 4.69) is 24.4 Å². The van der Waals surface area contributed by atoms with Crippen molar-refractivity contribution < 1.29 is 9.47 Å². The predicted molar refractivity (Wildman–Crippen MR) is 76.9 cm³/mol. The van der Waals surface area contributed by atoms with Crippen molar-refractivity contribution in [3.63, 3.8) is 0 Å². The molecule has 0 saturated heterocycles. The Bertz CT molecular complexity index is 432. The molecule has 0 bridgehead atoms. The van der Waals surface area contributed by atoms with Gasteiger partial charge in [-0.3, -0.25) is 0 Å². The fourth-order valence-electron chi connectivity index (χ4n) is 2.66. The van der Waals surface area contributed by atoms with Gasteiger partial charge in [-0.2, -0.15) is 0 Å². The molecule has 1 aliphatic rings. The molecular weight excluding hydrogens is 240 g/mol. The van der Waals surface area contributed by atoms with E-state index >= 15 is 0 Å². The van der Waals surface area contributed by atoms with E-state index in [4.69, 9.17) is 15.2 Å². The molecule has 4 nitrogen and oxygen atoms in total. The summed E-state index contributed by atoms with van der Waals surface area (Å²) >= 11 is 0. The van der Waals surface area contributed by atoms with Gasteiger partial charge in [-0.25, -0.2) is 0 Å². The number of hydrogen-bond donors (Lipinski definition) is 2. The normalized spacial score (nSPS) is 19.7. The monoisotopic (exact) mass is 264 g/mol. The third-order valence-corrected chi connectivity index (χ3v) is 3.72. The van der Waals surface area contributed by atoms with Crippen LogP contribution in [-0.4, -0.2) is 26.8 Å². The third-order valence-electron chi connectivity index (χ3n) is 3.72. The molecule has 0 fully saturated rings. The van der Waals surface area contributed by atoms with Crippen LogP contribution in [0, 0.1) is 0 Å². The second-order valence-corrected chi connectivity index (χ2v) is 5.22. The first-order valence-electron chi connectivity index (χ1n) is 6.89. The highest BCUT2D eigenvalue weighted by atomic mass is 16.5. The van der Waals surface area contributed by atoms with Crippen LogP contribution < -0.4 is 20.5 Å². The van der Waals surface area contributed by atoms with Crippen molar-refractivity contribution in [2.45, 2.75) is 38.3 Å². The summed E-state index contributed by atoms with van der Waals surface area (Å²) in [6.07, 6.45) is 3.11. The highest BCUT2D eigenvalue weighted by molar-refractivity contribution is 5.49. The average Bonchev–Trinajstić information content (AvgIpc) is 2.43. The van der Waals surface area contributed by atoms with Crippen molar-refractivity contribution in [3.8, 4) is 11.5 Å². The summed E-state index contributed by atoms with van der Waals surface area (Å²) < 4.78 is 10.8. The molecule has 2 rings (SSSR count). The van der Waals surface area contributed by atoms with Crippen molar-refractivity contribution in [1.82, 2.24) is 5.32 Å². The predicted octanol–water partition coefficient (Wildman–Crippen LogP) is 2.02. The quantitative estimate of drug-likeness (QED) is 0.854. The van der Waals surface area contributed by atoms with Crippen molar-refractivity contribution in [2.24, 2.45) is 5.73 Å². The summed E-state index contributed by atoms with van der Waals surface area (Å²) in [5.41, 5.74) is 8.54. The van der Waals surface area contributed by atoms with E-state index in [0.717, 1.165) is 37.3 Å². The Hall–Kier alpha value is -1.26. The molecule has 0 amide bonds. The molecule has 1 heterocycles. The Morgan fingerprint density at radius 1 is 1.32 bits per heavy atom. The molecule has 0 saturated carbocycles. The molecule has 106 valence electrons. The van der Waals surface area contributed by atoms with Gasteiger partial charge in [-0.1, -0.05) is 0 Å². The van der Waals surface area contributed by atoms with Gasteiger partial charge >= 0.3 is 0 Å². The van der Waals surface area contributed by atoms with E-state index in [1.165, 1.54) is 11.1 Å². The maximum Gasteiger partial charge on any atom is 0.161 e. The summed E-state index contributed by atoms with van der Waals surface area (Å²) in [5, 5.41) is 3.57. The summed E-state index contributed by atoms with van der Waals surface area (Å²) in [6.45, 7) is 3.06. The zero-order valence-electron chi connectivity index (χ0n) is 12.0. The molecule has 0 spiro atoms. The molecule has 1 aliphatic heterocycles.